The Balaban J connectivity index is 0.000000241. The first kappa shape index (κ1) is 38.0. The molecule has 0 amide bonds. The maximum atomic E-state index is 2.49. The smallest absolute Gasteiger partial charge is 0.0475 e. The molecule has 0 N–H and O–H groups in total. The Kier molecular flexibility index (Phi) is 19.4. The molecule has 0 saturated carbocycles. The summed E-state index contributed by atoms with van der Waals surface area (Å²) < 4.78 is 13.6. The van der Waals surface area contributed by atoms with E-state index >= 15 is 0 Å². The normalized spacial score (nSPS) is 10.8. The summed E-state index contributed by atoms with van der Waals surface area (Å²) in [5.74, 6) is 0. The maximum absolute atomic E-state index is 2.49. The number of hydrogen-bond donors (Lipinski definition) is 0. The van der Waals surface area contributed by atoms with Gasteiger partial charge in [0.15, 0.2) is 0 Å². The zero-order chi connectivity index (χ0) is 28.0. The van der Waals surface area contributed by atoms with Gasteiger partial charge in [-0.05, 0) is 250 Å². The Morgan fingerprint density at radius 1 is 0.289 bits per heavy atom. The lowest BCUT2D eigenvalue weighted by molar-refractivity contribution is 1.27. The van der Waals surface area contributed by atoms with E-state index in [1.165, 1.54) is 55.3 Å². The van der Waals surface area contributed by atoms with Crippen LogP contribution in [0, 0.1) is 35.7 Å². The van der Waals surface area contributed by atoms with Crippen LogP contribution in [0.4, 0.5) is 0 Å². The largest absolute Gasteiger partial charge is 0.0622 e. The average Bonchev–Trinajstić information content (AvgIpc) is 2.94. The Morgan fingerprint density at radius 2 is 0.526 bits per heavy atom. The van der Waals surface area contributed by atoms with Crippen molar-refractivity contribution in [2.45, 2.75) is 19.6 Å². The Morgan fingerprint density at radius 3 is 0.789 bits per heavy atom. The molecule has 0 aliphatic heterocycles. The summed E-state index contributed by atoms with van der Waals surface area (Å²) in [6.07, 6.45) is 0. The van der Waals surface area contributed by atoms with E-state index in [9.17, 15) is 0 Å². The molecule has 4 aromatic carbocycles. The van der Waals surface area contributed by atoms with Crippen LogP contribution in [0.15, 0.2) is 80.2 Å². The third-order valence-corrected chi connectivity index (χ3v) is 29.7. The zero-order valence-electron chi connectivity index (χ0n) is 18.2. The van der Waals surface area contributed by atoms with Crippen LogP contribution in [0.2, 0.25) is 0 Å². The first-order valence-electron chi connectivity index (χ1n) is 9.86. The molecule has 0 aliphatic rings. The topological polar surface area (TPSA) is 0 Å². The standard InChI is InChI=1S/C12I10S2.C12H10S2/c13-1-3(15)7(19)11(8(20)4(1)16)23-24-12-9(21)5(17)2(14)6(18)10(12)22;1-3-7-11(8-4-1)13-14-12-9-5-2-6-10-12/h;1-10H. The lowest BCUT2D eigenvalue weighted by Crippen LogP contribution is -1.99. The number of halogens is 10. The summed E-state index contributed by atoms with van der Waals surface area (Å²) in [7, 11) is 7.35. The second-order valence-corrected chi connectivity index (χ2v) is 22.0. The van der Waals surface area contributed by atoms with Gasteiger partial charge >= 0.3 is 0 Å². The van der Waals surface area contributed by atoms with Crippen LogP contribution in [0.3, 0.4) is 0 Å². The molecule has 14 heteroatoms. The van der Waals surface area contributed by atoms with Crippen molar-refractivity contribution in [3.05, 3.63) is 96.4 Å². The van der Waals surface area contributed by atoms with Crippen LogP contribution in [0.25, 0.3) is 0 Å². The average molecular weight is 1700 g/mol. The molecule has 0 heterocycles. The Hall–Kier alpha value is 5.58. The minimum absolute atomic E-state index is 1.29. The molecule has 0 aromatic heterocycles. The summed E-state index contributed by atoms with van der Waals surface area (Å²) in [6, 6.07) is 20.8. The first-order chi connectivity index (χ1) is 18.0. The lowest BCUT2D eigenvalue weighted by atomic mass is 10.4. The van der Waals surface area contributed by atoms with Crippen molar-refractivity contribution in [3.63, 3.8) is 0 Å². The van der Waals surface area contributed by atoms with Gasteiger partial charge in [-0.1, -0.05) is 79.6 Å². The molecule has 38 heavy (non-hydrogen) atoms. The van der Waals surface area contributed by atoms with Crippen molar-refractivity contribution in [3.8, 4) is 0 Å². The van der Waals surface area contributed by atoms with Crippen LogP contribution < -0.4 is 0 Å². The summed E-state index contributed by atoms with van der Waals surface area (Å²) in [6.45, 7) is 0. The van der Waals surface area contributed by atoms with E-state index in [0.29, 0.717) is 0 Å². The van der Waals surface area contributed by atoms with Gasteiger partial charge in [0, 0.05) is 55.3 Å². The van der Waals surface area contributed by atoms with Crippen LogP contribution in [-0.4, -0.2) is 0 Å². The highest BCUT2D eigenvalue weighted by Gasteiger charge is 2.22. The number of rotatable bonds is 6. The van der Waals surface area contributed by atoms with Crippen molar-refractivity contribution in [1.29, 1.82) is 0 Å². The van der Waals surface area contributed by atoms with Crippen molar-refractivity contribution < 1.29 is 0 Å². The fraction of sp³-hybridized carbons (Fsp3) is 0. The van der Waals surface area contributed by atoms with E-state index in [1.54, 1.807) is 21.6 Å². The Labute approximate surface area is 376 Å². The fourth-order valence-corrected chi connectivity index (χ4v) is 20.2. The number of benzene rings is 4. The van der Waals surface area contributed by atoms with Crippen molar-refractivity contribution >= 4 is 269 Å². The summed E-state index contributed by atoms with van der Waals surface area (Å²) in [4.78, 5) is 5.35. The molecule has 4 rings (SSSR count). The first-order valence-corrected chi connectivity index (χ1v) is 24.9. The third-order valence-electron chi connectivity index (χ3n) is 4.27. The molecule has 0 bridgehead atoms. The highest BCUT2D eigenvalue weighted by Crippen LogP contribution is 2.49. The molecule has 0 nitrogen and oxygen atoms in total. The molecular weight excluding hydrogens is 1690 g/mol. The van der Waals surface area contributed by atoms with Gasteiger partial charge in [0.05, 0.1) is 0 Å². The van der Waals surface area contributed by atoms with E-state index in [1.807, 2.05) is 33.7 Å². The van der Waals surface area contributed by atoms with Gasteiger partial charge in [-0.15, -0.1) is 0 Å². The van der Waals surface area contributed by atoms with E-state index < -0.39 is 0 Å². The highest BCUT2D eigenvalue weighted by molar-refractivity contribution is 14.1. The predicted molar refractivity (Wildman–Crippen MR) is 256 cm³/mol. The molecule has 0 fully saturated rings. The fourth-order valence-electron chi connectivity index (χ4n) is 2.45. The van der Waals surface area contributed by atoms with Crippen LogP contribution in [0.1, 0.15) is 0 Å². The van der Waals surface area contributed by atoms with Crippen molar-refractivity contribution in [2.24, 2.45) is 0 Å². The molecule has 0 radical (unpaired) electrons. The monoisotopic (exact) mass is 1700 g/mol. The predicted octanol–water partition coefficient (Wildman–Crippen LogP) is 15.0. The molecule has 0 spiro atoms. The van der Waals surface area contributed by atoms with Gasteiger partial charge in [-0.25, -0.2) is 0 Å². The highest BCUT2D eigenvalue weighted by atomic mass is 127. The number of hydrogen-bond acceptors (Lipinski definition) is 4. The van der Waals surface area contributed by atoms with Crippen molar-refractivity contribution in [2.75, 3.05) is 0 Å². The van der Waals surface area contributed by atoms with E-state index in [2.05, 4.69) is 274 Å². The quantitative estimate of drug-likeness (QED) is 0.0816. The molecule has 4 aromatic rings. The van der Waals surface area contributed by atoms with Gasteiger partial charge in [0.25, 0.3) is 0 Å². The van der Waals surface area contributed by atoms with E-state index in [0.717, 1.165) is 0 Å². The van der Waals surface area contributed by atoms with Gasteiger partial charge in [-0.3, -0.25) is 0 Å². The van der Waals surface area contributed by atoms with Gasteiger partial charge < -0.3 is 0 Å². The zero-order valence-corrected chi connectivity index (χ0v) is 43.0. The van der Waals surface area contributed by atoms with Gasteiger partial charge in [-0.2, -0.15) is 0 Å². The summed E-state index contributed by atoms with van der Waals surface area (Å²) in [5, 5.41) is 0. The SMILES string of the molecule is Ic1c(I)c(I)c(SSc2c(I)c(I)c(I)c(I)c2I)c(I)c1I.c1ccc(SSc2ccccc2)cc1. The van der Waals surface area contributed by atoms with Crippen molar-refractivity contribution in [1.82, 2.24) is 0 Å². The molecule has 200 valence electrons. The van der Waals surface area contributed by atoms with Crippen LogP contribution in [0.5, 0.6) is 0 Å². The van der Waals surface area contributed by atoms with E-state index in [-0.39, 0.29) is 0 Å². The molecule has 0 atom stereocenters. The van der Waals surface area contributed by atoms with Gasteiger partial charge in [0.1, 0.15) is 0 Å². The van der Waals surface area contributed by atoms with E-state index in [4.69, 9.17) is 0 Å². The van der Waals surface area contributed by atoms with Crippen LogP contribution >= 0.6 is 269 Å². The maximum Gasteiger partial charge on any atom is 0.0475 e. The van der Waals surface area contributed by atoms with Gasteiger partial charge in [0.2, 0.25) is 0 Å². The minimum atomic E-state index is 1.29. The second kappa shape index (κ2) is 19.4. The third kappa shape index (κ3) is 10.8. The summed E-state index contributed by atoms with van der Waals surface area (Å²) >= 11 is 24.7. The molecule has 0 aliphatic carbocycles. The molecule has 0 saturated heterocycles. The molecular formula is C24H10I10S4. The van der Waals surface area contributed by atoms with Crippen LogP contribution in [-0.2, 0) is 0 Å². The summed E-state index contributed by atoms with van der Waals surface area (Å²) in [5.41, 5.74) is 0. The second-order valence-electron chi connectivity index (χ2n) is 6.76. The lowest BCUT2D eigenvalue weighted by Gasteiger charge is -2.15. The Bertz CT molecular complexity index is 1250. The minimum Gasteiger partial charge on any atom is -0.0622 e. The molecule has 0 unspecified atom stereocenters.